The molecule has 1 rings (SSSR count). The van der Waals surface area contributed by atoms with Gasteiger partial charge in [0.2, 0.25) is 0 Å². The molecule has 1 atom stereocenters. The molecule has 1 nitrogen and oxygen atoms in total. The third-order valence-electron chi connectivity index (χ3n) is 1.67. The Kier molecular flexibility index (Phi) is 3.64. The van der Waals surface area contributed by atoms with Crippen LogP contribution < -0.4 is 5.32 Å². The Morgan fingerprint density at radius 3 is 2.77 bits per heavy atom. The normalized spacial score (nSPS) is 12.2. The first kappa shape index (κ1) is 10.4. The number of anilines is 1. The van der Waals surface area contributed by atoms with Crippen LogP contribution in [-0.4, -0.2) is 6.04 Å². The van der Waals surface area contributed by atoms with Gasteiger partial charge in [0.1, 0.15) is 0 Å². The minimum atomic E-state index is 0.177. The standard InChI is InChI=1S/C10H11Cl2N/c1-3-7(2)13-10-6-8(11)4-5-9(10)12/h3-7,13H,1H2,2H3. The van der Waals surface area contributed by atoms with Gasteiger partial charge >= 0.3 is 0 Å². The maximum Gasteiger partial charge on any atom is 0.0638 e. The molecule has 0 spiro atoms. The molecule has 0 heterocycles. The van der Waals surface area contributed by atoms with Crippen LogP contribution in [0.15, 0.2) is 30.9 Å². The summed E-state index contributed by atoms with van der Waals surface area (Å²) in [7, 11) is 0. The second-order valence-corrected chi connectivity index (χ2v) is 3.64. The average molecular weight is 216 g/mol. The highest BCUT2D eigenvalue weighted by Crippen LogP contribution is 2.25. The zero-order valence-corrected chi connectivity index (χ0v) is 8.86. The summed E-state index contributed by atoms with van der Waals surface area (Å²) in [6.07, 6.45) is 1.80. The molecule has 1 aromatic carbocycles. The lowest BCUT2D eigenvalue weighted by Crippen LogP contribution is -2.11. The van der Waals surface area contributed by atoms with Crippen LogP contribution in [0.2, 0.25) is 10.0 Å². The van der Waals surface area contributed by atoms with E-state index in [-0.39, 0.29) is 6.04 Å². The molecule has 0 aliphatic rings. The molecule has 0 aromatic heterocycles. The lowest BCUT2D eigenvalue weighted by atomic mass is 10.2. The summed E-state index contributed by atoms with van der Waals surface area (Å²) < 4.78 is 0. The molecule has 1 unspecified atom stereocenters. The molecule has 0 radical (unpaired) electrons. The SMILES string of the molecule is C=CC(C)Nc1cc(Cl)ccc1Cl. The molecule has 0 aliphatic heterocycles. The molecule has 0 saturated heterocycles. The van der Waals surface area contributed by atoms with Gasteiger partial charge in [-0.25, -0.2) is 0 Å². The third-order valence-corrected chi connectivity index (χ3v) is 2.23. The van der Waals surface area contributed by atoms with E-state index in [9.17, 15) is 0 Å². The lowest BCUT2D eigenvalue weighted by Gasteiger charge is -2.12. The van der Waals surface area contributed by atoms with Crippen LogP contribution in [-0.2, 0) is 0 Å². The summed E-state index contributed by atoms with van der Waals surface area (Å²) >= 11 is 11.8. The first-order valence-electron chi connectivity index (χ1n) is 3.97. The molecule has 1 N–H and O–H groups in total. The van der Waals surface area contributed by atoms with E-state index in [0.717, 1.165) is 5.69 Å². The molecule has 0 bridgehead atoms. The zero-order valence-electron chi connectivity index (χ0n) is 7.35. The van der Waals surface area contributed by atoms with Crippen molar-refractivity contribution in [1.82, 2.24) is 0 Å². The maximum atomic E-state index is 5.94. The van der Waals surface area contributed by atoms with E-state index < -0.39 is 0 Å². The second-order valence-electron chi connectivity index (χ2n) is 2.79. The molecule has 13 heavy (non-hydrogen) atoms. The number of hydrogen-bond donors (Lipinski definition) is 1. The van der Waals surface area contributed by atoms with Crippen LogP contribution in [0.5, 0.6) is 0 Å². The summed E-state index contributed by atoms with van der Waals surface area (Å²) in [4.78, 5) is 0. The van der Waals surface area contributed by atoms with Gasteiger partial charge in [0.05, 0.1) is 10.7 Å². The Morgan fingerprint density at radius 1 is 1.46 bits per heavy atom. The smallest absolute Gasteiger partial charge is 0.0638 e. The van der Waals surface area contributed by atoms with E-state index in [1.807, 2.05) is 6.92 Å². The molecule has 0 amide bonds. The third kappa shape index (κ3) is 2.94. The van der Waals surface area contributed by atoms with Crippen LogP contribution in [0.4, 0.5) is 5.69 Å². The van der Waals surface area contributed by atoms with Crippen molar-refractivity contribution in [3.63, 3.8) is 0 Å². The first-order valence-corrected chi connectivity index (χ1v) is 4.73. The fraction of sp³-hybridized carbons (Fsp3) is 0.200. The largest absolute Gasteiger partial charge is 0.378 e. The molecule has 0 aliphatic carbocycles. The number of nitrogens with one attached hydrogen (secondary N) is 1. The van der Waals surface area contributed by atoms with Crippen molar-refractivity contribution in [2.75, 3.05) is 5.32 Å². The Morgan fingerprint density at radius 2 is 2.15 bits per heavy atom. The van der Waals surface area contributed by atoms with Crippen molar-refractivity contribution >= 4 is 28.9 Å². The highest BCUT2D eigenvalue weighted by molar-refractivity contribution is 6.35. The number of benzene rings is 1. The van der Waals surface area contributed by atoms with E-state index in [0.29, 0.717) is 10.0 Å². The van der Waals surface area contributed by atoms with Gasteiger partial charge in [-0.05, 0) is 25.1 Å². The van der Waals surface area contributed by atoms with Crippen molar-refractivity contribution in [2.45, 2.75) is 13.0 Å². The quantitative estimate of drug-likeness (QED) is 0.753. The van der Waals surface area contributed by atoms with E-state index in [4.69, 9.17) is 23.2 Å². The Balaban J connectivity index is 2.86. The molecule has 0 fully saturated rings. The van der Waals surface area contributed by atoms with Gasteiger partial charge in [-0.2, -0.15) is 0 Å². The fourth-order valence-corrected chi connectivity index (χ4v) is 1.26. The second kappa shape index (κ2) is 4.54. The summed E-state index contributed by atoms with van der Waals surface area (Å²) in [5, 5.41) is 4.50. The van der Waals surface area contributed by atoms with Crippen LogP contribution in [0.25, 0.3) is 0 Å². The van der Waals surface area contributed by atoms with Crippen LogP contribution in [0.1, 0.15) is 6.92 Å². The van der Waals surface area contributed by atoms with Gasteiger partial charge in [0.15, 0.2) is 0 Å². The highest BCUT2D eigenvalue weighted by atomic mass is 35.5. The van der Waals surface area contributed by atoms with Crippen molar-refractivity contribution in [2.24, 2.45) is 0 Å². The van der Waals surface area contributed by atoms with E-state index in [1.54, 1.807) is 24.3 Å². The minimum Gasteiger partial charge on any atom is -0.378 e. The Labute approximate surface area is 88.4 Å². The maximum absolute atomic E-state index is 5.94. The molecular formula is C10H11Cl2N. The summed E-state index contributed by atoms with van der Waals surface area (Å²) in [5.41, 5.74) is 0.835. The van der Waals surface area contributed by atoms with Gasteiger partial charge in [-0.1, -0.05) is 29.3 Å². The predicted octanol–water partition coefficient (Wildman–Crippen LogP) is 3.98. The number of hydrogen-bond acceptors (Lipinski definition) is 1. The minimum absolute atomic E-state index is 0.177. The predicted molar refractivity (Wildman–Crippen MR) is 59.7 cm³/mol. The summed E-state index contributed by atoms with van der Waals surface area (Å²) in [5.74, 6) is 0. The topological polar surface area (TPSA) is 12.0 Å². The molecule has 0 saturated carbocycles. The summed E-state index contributed by atoms with van der Waals surface area (Å²) in [6, 6.07) is 5.50. The fourth-order valence-electron chi connectivity index (χ4n) is 0.912. The van der Waals surface area contributed by atoms with Crippen molar-refractivity contribution in [1.29, 1.82) is 0 Å². The molecule has 1 aromatic rings. The highest BCUT2D eigenvalue weighted by Gasteiger charge is 2.02. The van der Waals surface area contributed by atoms with Gasteiger partial charge < -0.3 is 5.32 Å². The summed E-state index contributed by atoms with van der Waals surface area (Å²) in [6.45, 7) is 5.66. The molecule has 3 heteroatoms. The average Bonchev–Trinajstić information content (AvgIpc) is 2.11. The van der Waals surface area contributed by atoms with Gasteiger partial charge in [0, 0.05) is 11.1 Å². The monoisotopic (exact) mass is 215 g/mol. The van der Waals surface area contributed by atoms with Crippen LogP contribution in [0, 0.1) is 0 Å². The Bertz CT molecular complexity index is 310. The van der Waals surface area contributed by atoms with Crippen molar-refractivity contribution in [3.8, 4) is 0 Å². The number of rotatable bonds is 3. The van der Waals surface area contributed by atoms with E-state index in [2.05, 4.69) is 11.9 Å². The van der Waals surface area contributed by atoms with Crippen LogP contribution >= 0.6 is 23.2 Å². The van der Waals surface area contributed by atoms with E-state index in [1.165, 1.54) is 0 Å². The van der Waals surface area contributed by atoms with Gasteiger partial charge in [-0.3, -0.25) is 0 Å². The lowest BCUT2D eigenvalue weighted by molar-refractivity contribution is 1.00. The van der Waals surface area contributed by atoms with E-state index >= 15 is 0 Å². The van der Waals surface area contributed by atoms with Crippen LogP contribution in [0.3, 0.4) is 0 Å². The first-order chi connectivity index (χ1) is 6.13. The zero-order chi connectivity index (χ0) is 9.84. The van der Waals surface area contributed by atoms with Gasteiger partial charge in [0.25, 0.3) is 0 Å². The van der Waals surface area contributed by atoms with Gasteiger partial charge in [-0.15, -0.1) is 6.58 Å². The number of halogens is 2. The molecular weight excluding hydrogens is 205 g/mol. The van der Waals surface area contributed by atoms with Crippen molar-refractivity contribution < 1.29 is 0 Å². The molecule has 70 valence electrons. The Hall–Kier alpha value is -0.660. The van der Waals surface area contributed by atoms with Crippen molar-refractivity contribution in [3.05, 3.63) is 40.9 Å².